The third-order valence-electron chi connectivity index (χ3n) is 12.2. The smallest absolute Gasteiger partial charge is 0.326 e. The number of aromatic nitrogens is 2. The quantitative estimate of drug-likeness (QED) is 0.0185. The van der Waals surface area contributed by atoms with Gasteiger partial charge in [0.15, 0.2) is 5.96 Å². The number of aliphatic hydroxyl groups is 1. The Hall–Kier alpha value is -7.72. The molecule has 0 radical (unpaired) electrons. The summed E-state index contributed by atoms with van der Waals surface area (Å²) in [5, 5.41) is 39.5. The maximum Gasteiger partial charge on any atom is 0.326 e. The highest BCUT2D eigenvalue weighted by molar-refractivity contribution is 5.98. The van der Waals surface area contributed by atoms with Gasteiger partial charge in [-0.15, -0.1) is 0 Å². The van der Waals surface area contributed by atoms with Gasteiger partial charge >= 0.3 is 5.97 Å². The average molecular weight is 1070 g/mol. The SMILES string of the molecule is CC(C)[C@H](NC(=O)CNC(=O)[C@H](C)NC(=O)[C@H](CO)NC(=O)[C@@H](N)CCCN=C(N)N)C(=O)N1CCC[C@H]1C(=O)N[C@@H](Cc1ccccc1)C(=O)N[C@@H](Cc1cnc[nH]1)C(=O)N[C@@H](C)C(=O)N[C@@H](CCCCN)C(=O)O. The summed E-state index contributed by atoms with van der Waals surface area (Å²) >= 11 is 0. The molecule has 3 rings (SSSR count). The van der Waals surface area contributed by atoms with E-state index in [0.717, 1.165) is 0 Å². The molecule has 0 aliphatic carbocycles. The lowest BCUT2D eigenvalue weighted by Crippen LogP contribution is -2.60. The second-order valence-electron chi connectivity index (χ2n) is 18.7. The molecule has 28 heteroatoms. The molecule has 2 aromatic rings. The fourth-order valence-corrected chi connectivity index (χ4v) is 7.89. The van der Waals surface area contributed by atoms with Crippen LogP contribution < -0.4 is 65.5 Å². The van der Waals surface area contributed by atoms with Crippen LogP contribution in [-0.4, -0.2) is 177 Å². The maximum atomic E-state index is 14.3. The second kappa shape index (κ2) is 31.9. The number of likely N-dealkylation sites (tertiary alicyclic amines) is 1. The predicted molar refractivity (Wildman–Crippen MR) is 275 cm³/mol. The molecular weight excluding hydrogens is 993 g/mol. The normalized spacial score (nSPS) is 16.2. The number of imidazole rings is 1. The molecule has 19 N–H and O–H groups in total. The number of hydrogen-bond donors (Lipinski definition) is 15. The Morgan fingerprint density at radius 2 is 1.37 bits per heavy atom. The molecule has 0 spiro atoms. The lowest BCUT2D eigenvalue weighted by molar-refractivity contribution is -0.143. The van der Waals surface area contributed by atoms with Crippen molar-refractivity contribution in [2.45, 2.75) is 140 Å². The van der Waals surface area contributed by atoms with Gasteiger partial charge in [-0.2, -0.15) is 0 Å². The molecule has 420 valence electrons. The summed E-state index contributed by atoms with van der Waals surface area (Å²) in [5.74, 6) is -8.81. The van der Waals surface area contributed by atoms with Crippen LogP contribution in [0.3, 0.4) is 0 Å². The van der Waals surface area contributed by atoms with Gasteiger partial charge < -0.3 is 85.6 Å². The third kappa shape index (κ3) is 20.9. The van der Waals surface area contributed by atoms with Gasteiger partial charge in [-0.05, 0) is 76.8 Å². The lowest BCUT2D eigenvalue weighted by atomic mass is 10.0. The molecule has 0 unspecified atom stereocenters. The number of aliphatic hydroxyl groups excluding tert-OH is 1. The number of nitrogens with one attached hydrogen (secondary N) is 9. The topological polar surface area (TPSA) is 456 Å². The third-order valence-corrected chi connectivity index (χ3v) is 12.2. The average Bonchev–Trinajstić information content (AvgIpc) is 4.10. The van der Waals surface area contributed by atoms with Crippen LogP contribution in [0.1, 0.15) is 83.9 Å². The van der Waals surface area contributed by atoms with Gasteiger partial charge in [-0.3, -0.25) is 48.1 Å². The molecule has 9 amide bonds. The minimum absolute atomic E-state index is 0.0490. The van der Waals surface area contributed by atoms with Crippen molar-refractivity contribution in [2.24, 2.45) is 33.8 Å². The van der Waals surface area contributed by atoms with E-state index in [2.05, 4.69) is 57.5 Å². The van der Waals surface area contributed by atoms with Crippen molar-refractivity contribution in [3.8, 4) is 0 Å². The number of aliphatic carboxylic acids is 1. The number of carbonyl (C=O) groups excluding carboxylic acids is 9. The lowest BCUT2D eigenvalue weighted by Gasteiger charge is -2.31. The Balaban J connectivity index is 1.69. The second-order valence-corrected chi connectivity index (χ2v) is 18.7. The number of aromatic amines is 1. The van der Waals surface area contributed by atoms with Crippen LogP contribution in [0.2, 0.25) is 0 Å². The van der Waals surface area contributed by atoms with Crippen molar-refractivity contribution < 1.29 is 58.2 Å². The monoisotopic (exact) mass is 1070 g/mol. The molecule has 9 atom stereocenters. The first-order valence-corrected chi connectivity index (χ1v) is 25.1. The number of nitrogens with zero attached hydrogens (tertiary/aromatic N) is 3. The molecule has 1 aliphatic rings. The van der Waals surface area contributed by atoms with Crippen LogP contribution in [0, 0.1) is 5.92 Å². The van der Waals surface area contributed by atoms with Crippen molar-refractivity contribution >= 4 is 65.1 Å². The largest absolute Gasteiger partial charge is 0.480 e. The number of carboxylic acid groups (broad SMARTS) is 1. The number of carbonyl (C=O) groups is 10. The number of aliphatic imine (C=N–C) groups is 1. The van der Waals surface area contributed by atoms with Gasteiger partial charge in [0, 0.05) is 37.8 Å². The van der Waals surface area contributed by atoms with E-state index in [1.807, 2.05) is 0 Å². The fourth-order valence-electron chi connectivity index (χ4n) is 7.89. The van der Waals surface area contributed by atoms with Crippen molar-refractivity contribution in [2.75, 3.05) is 32.8 Å². The van der Waals surface area contributed by atoms with E-state index in [1.165, 1.54) is 31.3 Å². The van der Waals surface area contributed by atoms with E-state index in [1.54, 1.807) is 44.2 Å². The van der Waals surface area contributed by atoms with Crippen LogP contribution in [0.4, 0.5) is 0 Å². The molecule has 1 saturated heterocycles. The van der Waals surface area contributed by atoms with E-state index in [0.29, 0.717) is 43.5 Å². The Labute approximate surface area is 440 Å². The standard InChI is InChI=1S/C48H76N16O12/c1-26(2)38(63-37(66)23-55-39(67)27(3)57-44(72)35(24-65)62-41(69)31(50)14-10-18-54-48(51)52)46(74)64-19-11-16-36(64)45(73)61-33(20-29-12-6-5-7-13-29)43(71)60-34(21-30-22-53-25-56-30)42(70)58-28(4)40(68)59-32(47(75)76)15-8-9-17-49/h5-7,12-13,22,25-28,31-36,38,65H,8-11,14-21,23-24,49-50H2,1-4H3,(H,53,56)(H,55,67)(H,57,72)(H,58,70)(H,59,68)(H,60,71)(H,61,73)(H,62,69)(H,63,66)(H,75,76)(H4,51,52,54)/t27-,28-,31-,32-,33-,34-,35-,36-,38-/m0/s1. The first kappa shape index (κ1) is 62.6. The van der Waals surface area contributed by atoms with Crippen LogP contribution in [0.25, 0.3) is 0 Å². The molecule has 1 aromatic carbocycles. The Bertz CT molecular complexity index is 2300. The Morgan fingerprint density at radius 1 is 0.750 bits per heavy atom. The zero-order valence-electron chi connectivity index (χ0n) is 43.3. The van der Waals surface area contributed by atoms with E-state index < -0.39 is 133 Å². The van der Waals surface area contributed by atoms with Gasteiger partial charge in [0.05, 0.1) is 25.5 Å². The zero-order valence-corrected chi connectivity index (χ0v) is 43.3. The summed E-state index contributed by atoms with van der Waals surface area (Å²) in [6.45, 7) is 5.23. The highest BCUT2D eigenvalue weighted by Crippen LogP contribution is 2.21. The minimum Gasteiger partial charge on any atom is -0.480 e. The van der Waals surface area contributed by atoms with Gasteiger partial charge in [-0.1, -0.05) is 44.2 Å². The van der Waals surface area contributed by atoms with E-state index in [4.69, 9.17) is 22.9 Å². The number of hydrogen-bond acceptors (Lipinski definition) is 15. The molecule has 1 aromatic heterocycles. The van der Waals surface area contributed by atoms with Crippen LogP contribution in [0.5, 0.6) is 0 Å². The summed E-state index contributed by atoms with van der Waals surface area (Å²) < 4.78 is 0. The molecular formula is C48H76N16O12. The number of rotatable bonds is 32. The van der Waals surface area contributed by atoms with Crippen molar-refractivity contribution in [3.63, 3.8) is 0 Å². The van der Waals surface area contributed by atoms with Gasteiger partial charge in [-0.25, -0.2) is 9.78 Å². The summed E-state index contributed by atoms with van der Waals surface area (Å²) in [4.78, 5) is 145. The molecule has 1 fully saturated rings. The summed E-state index contributed by atoms with van der Waals surface area (Å²) in [7, 11) is 0. The number of unbranched alkanes of at least 4 members (excludes halogenated alkanes) is 1. The van der Waals surface area contributed by atoms with Gasteiger partial charge in [0.1, 0.15) is 48.3 Å². The highest BCUT2D eigenvalue weighted by atomic mass is 16.4. The molecule has 28 nitrogen and oxygen atoms in total. The maximum absolute atomic E-state index is 14.3. The number of carboxylic acids is 1. The number of H-pyrrole nitrogens is 1. The predicted octanol–water partition coefficient (Wildman–Crippen LogP) is -5.02. The van der Waals surface area contributed by atoms with E-state index >= 15 is 0 Å². The number of benzene rings is 1. The van der Waals surface area contributed by atoms with Crippen molar-refractivity contribution in [3.05, 3.63) is 54.1 Å². The first-order chi connectivity index (χ1) is 36.1. The van der Waals surface area contributed by atoms with Gasteiger partial charge in [0.25, 0.3) is 0 Å². The minimum atomic E-state index is -1.46. The highest BCUT2D eigenvalue weighted by Gasteiger charge is 2.40. The van der Waals surface area contributed by atoms with Crippen LogP contribution in [0.15, 0.2) is 47.8 Å². The molecule has 76 heavy (non-hydrogen) atoms. The van der Waals surface area contributed by atoms with Crippen molar-refractivity contribution in [1.29, 1.82) is 0 Å². The van der Waals surface area contributed by atoms with Crippen LogP contribution >= 0.6 is 0 Å². The molecule has 1 aliphatic heterocycles. The van der Waals surface area contributed by atoms with Crippen LogP contribution in [-0.2, 0) is 60.8 Å². The fraction of sp³-hybridized carbons (Fsp3) is 0.583. The summed E-state index contributed by atoms with van der Waals surface area (Å²) in [6.07, 6.45) is 4.85. The van der Waals surface area contributed by atoms with E-state index in [-0.39, 0.29) is 51.2 Å². The number of guanidine groups is 1. The molecule has 2 heterocycles. The molecule has 0 saturated carbocycles. The zero-order chi connectivity index (χ0) is 56.5. The Kier molecular flexibility index (Phi) is 26.3. The summed E-state index contributed by atoms with van der Waals surface area (Å²) in [6, 6.07) is -2.45. The number of amides is 9. The van der Waals surface area contributed by atoms with Gasteiger partial charge in [0.2, 0.25) is 53.2 Å². The summed E-state index contributed by atoms with van der Waals surface area (Å²) in [5.41, 5.74) is 23.0. The Morgan fingerprint density at radius 3 is 1.97 bits per heavy atom. The van der Waals surface area contributed by atoms with E-state index in [9.17, 15) is 58.2 Å². The first-order valence-electron chi connectivity index (χ1n) is 25.1. The van der Waals surface area contributed by atoms with Crippen molar-refractivity contribution in [1.82, 2.24) is 57.4 Å². The number of nitrogens with two attached hydrogens (primary N) is 4. The molecule has 0 bridgehead atoms.